The number of ketones is 2. The molecule has 0 aliphatic heterocycles. The first-order valence-electron chi connectivity index (χ1n) is 13.8. The second kappa shape index (κ2) is 8.02. The van der Waals surface area contributed by atoms with Gasteiger partial charge in [-0.2, -0.15) is 5.26 Å². The molecule has 10 unspecified atom stereocenters. The van der Waals surface area contributed by atoms with E-state index in [9.17, 15) is 19.6 Å². The van der Waals surface area contributed by atoms with Crippen LogP contribution >= 0.6 is 0 Å². The summed E-state index contributed by atoms with van der Waals surface area (Å²) < 4.78 is 0. The van der Waals surface area contributed by atoms with Crippen molar-refractivity contribution in [1.29, 1.82) is 5.26 Å². The number of nitriles is 1. The van der Waals surface area contributed by atoms with Gasteiger partial charge in [0.2, 0.25) is 5.91 Å². The number of amides is 1. The van der Waals surface area contributed by atoms with Crippen molar-refractivity contribution in [3.05, 3.63) is 11.6 Å². The van der Waals surface area contributed by atoms with E-state index in [4.69, 9.17) is 0 Å². The number of nitrogens with zero attached hydrogens (tertiary/aromatic N) is 2. The summed E-state index contributed by atoms with van der Waals surface area (Å²) >= 11 is 0. The lowest BCUT2D eigenvalue weighted by Gasteiger charge is -2.66. The molecule has 0 aromatic rings. The summed E-state index contributed by atoms with van der Waals surface area (Å²) in [5.74, 6) is 1.59. The quantitative estimate of drug-likeness (QED) is 0.519. The molecule has 0 aromatic heterocycles. The summed E-state index contributed by atoms with van der Waals surface area (Å²) in [5.41, 5.74) is -0.443. The maximum Gasteiger partial charge on any atom is 0.228 e. The number of allylic oxidation sites excluding steroid dienone is 2. The molecular weight excluding hydrogens is 436 g/mol. The van der Waals surface area contributed by atoms with Gasteiger partial charge in [-0.1, -0.05) is 33.8 Å². The van der Waals surface area contributed by atoms with Crippen molar-refractivity contribution in [2.45, 2.75) is 79.1 Å². The van der Waals surface area contributed by atoms with Crippen molar-refractivity contribution < 1.29 is 14.4 Å². The highest BCUT2D eigenvalue weighted by molar-refractivity contribution is 6.01. The zero-order valence-corrected chi connectivity index (χ0v) is 22.4. The molecule has 1 amide bonds. The third-order valence-corrected chi connectivity index (χ3v) is 11.9. The molecule has 0 saturated heterocycles. The lowest BCUT2D eigenvalue weighted by Crippen LogP contribution is -2.65. The molecule has 5 heteroatoms. The van der Waals surface area contributed by atoms with Crippen molar-refractivity contribution in [2.75, 3.05) is 14.1 Å². The Morgan fingerprint density at radius 2 is 1.69 bits per heavy atom. The first kappa shape index (κ1) is 24.7. The van der Waals surface area contributed by atoms with Gasteiger partial charge < -0.3 is 4.90 Å². The second-order valence-electron chi connectivity index (χ2n) is 13.6. The summed E-state index contributed by atoms with van der Waals surface area (Å²) in [5, 5.41) is 9.72. The highest BCUT2D eigenvalue weighted by atomic mass is 16.2. The largest absolute Gasteiger partial charge is 0.348 e. The minimum Gasteiger partial charge on any atom is -0.348 e. The molecule has 35 heavy (non-hydrogen) atoms. The summed E-state index contributed by atoms with van der Waals surface area (Å²) in [6, 6.07) is 2.17. The van der Waals surface area contributed by atoms with Crippen LogP contribution in [0, 0.1) is 69.0 Å². The predicted octanol–water partition coefficient (Wildman–Crippen LogP) is 5.20. The lowest BCUT2D eigenvalue weighted by atomic mass is 9.37. The van der Waals surface area contributed by atoms with Crippen molar-refractivity contribution in [1.82, 2.24) is 4.90 Å². The van der Waals surface area contributed by atoms with Crippen LogP contribution in [0.5, 0.6) is 0 Å². The van der Waals surface area contributed by atoms with Crippen LogP contribution < -0.4 is 0 Å². The van der Waals surface area contributed by atoms with E-state index in [-0.39, 0.29) is 63.6 Å². The molecule has 5 aliphatic carbocycles. The molecular formula is C30H42N2O3. The van der Waals surface area contributed by atoms with Gasteiger partial charge in [-0.05, 0) is 85.4 Å². The van der Waals surface area contributed by atoms with E-state index in [1.54, 1.807) is 4.90 Å². The fourth-order valence-corrected chi connectivity index (χ4v) is 10.2. The molecule has 0 heterocycles. The van der Waals surface area contributed by atoms with Crippen LogP contribution in [0.3, 0.4) is 0 Å². The Labute approximate surface area is 210 Å². The van der Waals surface area contributed by atoms with Gasteiger partial charge in [-0.25, -0.2) is 0 Å². The van der Waals surface area contributed by atoms with E-state index in [0.717, 1.165) is 44.9 Å². The SMILES string of the molecule is CC1CCC2(C(=O)N(C)C)CCC3C(C(=O)CC4C5(C)C=C(C#N)C(=O)C(C)C5CCC34C)C2C1. The number of carbonyl (C=O) groups excluding carboxylic acids is 3. The molecule has 5 nitrogen and oxygen atoms in total. The Hall–Kier alpha value is -1.96. The third-order valence-electron chi connectivity index (χ3n) is 11.9. The molecule has 0 bridgehead atoms. The van der Waals surface area contributed by atoms with Crippen LogP contribution in [0.25, 0.3) is 0 Å². The van der Waals surface area contributed by atoms with Crippen LogP contribution in [0.2, 0.25) is 0 Å². The third kappa shape index (κ3) is 3.20. The van der Waals surface area contributed by atoms with E-state index in [1.807, 2.05) is 27.1 Å². The minimum absolute atomic E-state index is 0.0188. The predicted molar refractivity (Wildman–Crippen MR) is 134 cm³/mol. The zero-order valence-electron chi connectivity index (χ0n) is 22.4. The number of hydrogen-bond donors (Lipinski definition) is 0. The van der Waals surface area contributed by atoms with Gasteiger partial charge in [0.05, 0.1) is 11.0 Å². The van der Waals surface area contributed by atoms with E-state index >= 15 is 0 Å². The van der Waals surface area contributed by atoms with Crippen LogP contribution in [0.15, 0.2) is 11.6 Å². The first-order chi connectivity index (χ1) is 16.4. The molecule has 4 fully saturated rings. The Kier molecular flexibility index (Phi) is 5.67. The average Bonchev–Trinajstić information content (AvgIpc) is 2.82. The summed E-state index contributed by atoms with van der Waals surface area (Å²) in [6.07, 6.45) is 9.21. The van der Waals surface area contributed by atoms with Gasteiger partial charge in [-0.3, -0.25) is 14.4 Å². The Morgan fingerprint density at radius 3 is 2.34 bits per heavy atom. The average molecular weight is 479 g/mol. The summed E-state index contributed by atoms with van der Waals surface area (Å²) in [7, 11) is 3.73. The number of fused-ring (bicyclic) bond motifs is 7. The Morgan fingerprint density at radius 1 is 1.03 bits per heavy atom. The molecule has 5 rings (SSSR count). The molecule has 0 N–H and O–H groups in total. The maximum atomic E-state index is 14.2. The number of carbonyl (C=O) groups is 3. The van der Waals surface area contributed by atoms with Crippen LogP contribution in [-0.4, -0.2) is 36.5 Å². The monoisotopic (exact) mass is 478 g/mol. The van der Waals surface area contributed by atoms with Crippen molar-refractivity contribution in [3.8, 4) is 6.07 Å². The summed E-state index contributed by atoms with van der Waals surface area (Å²) in [6.45, 7) is 8.89. The lowest BCUT2D eigenvalue weighted by molar-refractivity contribution is -0.188. The van der Waals surface area contributed by atoms with E-state index < -0.39 is 5.41 Å². The van der Waals surface area contributed by atoms with Crippen LogP contribution in [0.4, 0.5) is 0 Å². The topological polar surface area (TPSA) is 78.2 Å². The van der Waals surface area contributed by atoms with Crippen molar-refractivity contribution >= 4 is 17.5 Å². The molecule has 10 atom stereocenters. The first-order valence-corrected chi connectivity index (χ1v) is 13.8. The van der Waals surface area contributed by atoms with Crippen LogP contribution in [0.1, 0.15) is 79.1 Å². The van der Waals surface area contributed by atoms with Gasteiger partial charge in [0.1, 0.15) is 11.9 Å². The van der Waals surface area contributed by atoms with Gasteiger partial charge >= 0.3 is 0 Å². The fraction of sp³-hybridized carbons (Fsp3) is 0.800. The van der Waals surface area contributed by atoms with Gasteiger partial charge in [0, 0.05) is 32.4 Å². The summed E-state index contributed by atoms with van der Waals surface area (Å²) in [4.78, 5) is 42.4. The standard InChI is InChI=1S/C30H42N2O3/c1-17-7-11-30(27(35)32(5)6)12-9-21-25(22(30)13-17)23(33)14-24-28(21,3)10-8-20-18(2)26(34)19(16-31)15-29(20,24)4/h15,17-18,20-22,24-25H,7-14H2,1-6H3. The maximum absolute atomic E-state index is 14.2. The van der Waals surface area contributed by atoms with Gasteiger partial charge in [-0.15, -0.1) is 0 Å². The van der Waals surface area contributed by atoms with Gasteiger partial charge in [0.25, 0.3) is 0 Å². The van der Waals surface area contributed by atoms with E-state index in [0.29, 0.717) is 18.1 Å². The number of rotatable bonds is 1. The van der Waals surface area contributed by atoms with E-state index in [1.165, 1.54) is 0 Å². The molecule has 0 aromatic carbocycles. The highest BCUT2D eigenvalue weighted by Crippen LogP contribution is 2.70. The fourth-order valence-electron chi connectivity index (χ4n) is 10.2. The number of hydrogen-bond acceptors (Lipinski definition) is 4. The molecule has 4 saturated carbocycles. The number of Topliss-reactive ketones (excluding diaryl/α,β-unsaturated/α-hetero) is 2. The van der Waals surface area contributed by atoms with Crippen LogP contribution in [-0.2, 0) is 14.4 Å². The van der Waals surface area contributed by atoms with E-state index in [2.05, 4.69) is 26.8 Å². The zero-order chi connectivity index (χ0) is 25.5. The highest BCUT2D eigenvalue weighted by Gasteiger charge is 2.67. The Bertz CT molecular complexity index is 1040. The van der Waals surface area contributed by atoms with Crippen molar-refractivity contribution in [2.24, 2.45) is 57.7 Å². The van der Waals surface area contributed by atoms with Crippen molar-refractivity contribution in [3.63, 3.8) is 0 Å². The molecule has 0 radical (unpaired) electrons. The normalized spacial score (nSPS) is 48.9. The molecule has 5 aliphatic rings. The molecule has 190 valence electrons. The second-order valence-corrected chi connectivity index (χ2v) is 13.6. The van der Waals surface area contributed by atoms with Gasteiger partial charge in [0.15, 0.2) is 5.78 Å². The smallest absolute Gasteiger partial charge is 0.228 e. The minimum atomic E-state index is -0.392. The molecule has 0 spiro atoms. The Balaban J connectivity index is 1.57.